The van der Waals surface area contributed by atoms with Crippen molar-refractivity contribution in [1.82, 2.24) is 0 Å². The van der Waals surface area contributed by atoms with Gasteiger partial charge in [0.1, 0.15) is 23.9 Å². The molecule has 10 heteroatoms. The minimum absolute atomic E-state index is 0.112. The van der Waals surface area contributed by atoms with Crippen LogP contribution in [0.1, 0.15) is 101 Å². The Hall–Kier alpha value is -7.43. The third-order valence-electron chi connectivity index (χ3n) is 13.2. The topological polar surface area (TPSA) is 116 Å². The van der Waals surface area contributed by atoms with Crippen molar-refractivity contribution in [1.29, 1.82) is 0 Å². The molecule has 0 aliphatic heterocycles. The molecule has 2 aliphatic carbocycles. The molecule has 366 valence electrons. The lowest BCUT2D eigenvalue weighted by molar-refractivity contribution is -0.195. The van der Waals surface area contributed by atoms with Crippen LogP contribution in [0.2, 0.25) is 0 Å². The van der Waals surface area contributed by atoms with Crippen molar-refractivity contribution in [2.24, 2.45) is 0 Å². The molecule has 0 saturated carbocycles. The lowest BCUT2D eigenvalue weighted by atomic mass is 9.72. The van der Waals surface area contributed by atoms with Gasteiger partial charge in [0.25, 0.3) is 0 Å². The highest BCUT2D eigenvalue weighted by Gasteiger charge is 2.56. The number of benzene rings is 6. The normalized spacial score (nSPS) is 16.3. The van der Waals surface area contributed by atoms with Crippen molar-refractivity contribution in [2.75, 3.05) is 33.0 Å². The van der Waals surface area contributed by atoms with Gasteiger partial charge in [-0.2, -0.15) is 4.89 Å². The number of rotatable bonds is 20. The zero-order chi connectivity index (χ0) is 50.3. The molecule has 0 bridgehead atoms. The van der Waals surface area contributed by atoms with Gasteiger partial charge in [-0.25, -0.2) is 14.4 Å². The standard InChI is InChI=1S/C61H62O10/c1-40(2)57(63)67-29-10-27-65-48-20-18-44-32-42(13-16-46(44)34-48)12-9-31-69-71-51-23-25-53-55(37-51)61(39-60(53,7)8)38-59(5,6)52-24-22-50(36-54(52)61)70-56(62)26-15-43-14-17-47-35-49(21-19-45(47)33-43)66-28-11-30-68-58(64)41(3)4/h9,12-26,32-37H,1,3,10-11,27-31,38-39H2,2,4-8H3/b12-9+,26-15+. The van der Waals surface area contributed by atoms with E-state index in [2.05, 4.69) is 77.3 Å². The maximum atomic E-state index is 13.4. The zero-order valence-electron chi connectivity index (χ0n) is 41.6. The van der Waals surface area contributed by atoms with Gasteiger partial charge in [-0.1, -0.05) is 102 Å². The van der Waals surface area contributed by atoms with E-state index in [1.54, 1.807) is 19.9 Å². The van der Waals surface area contributed by atoms with Crippen LogP contribution in [0.3, 0.4) is 0 Å². The molecule has 0 fully saturated rings. The number of carbonyl (C=O) groups excluding carboxylic acids is 3. The molecule has 0 aromatic heterocycles. The van der Waals surface area contributed by atoms with Gasteiger partial charge >= 0.3 is 17.9 Å². The molecule has 1 atom stereocenters. The first-order valence-electron chi connectivity index (χ1n) is 24.1. The molecule has 6 aromatic rings. The quantitative estimate of drug-likeness (QED) is 0.0183. The molecule has 2 aliphatic rings. The third kappa shape index (κ3) is 11.8. The van der Waals surface area contributed by atoms with E-state index in [0.29, 0.717) is 48.7 Å². The second kappa shape index (κ2) is 21.3. The highest BCUT2D eigenvalue weighted by atomic mass is 17.2. The fraction of sp³-hybridized carbons (Fsp3) is 0.295. The Balaban J connectivity index is 0.876. The van der Waals surface area contributed by atoms with Gasteiger partial charge in [-0.05, 0) is 159 Å². The average molecular weight is 955 g/mol. The fourth-order valence-electron chi connectivity index (χ4n) is 10.0. The van der Waals surface area contributed by atoms with E-state index in [1.165, 1.54) is 28.3 Å². The van der Waals surface area contributed by atoms with Crippen LogP contribution in [0.25, 0.3) is 33.7 Å². The van der Waals surface area contributed by atoms with Crippen LogP contribution in [0.5, 0.6) is 23.0 Å². The predicted octanol–water partition coefficient (Wildman–Crippen LogP) is 13.1. The van der Waals surface area contributed by atoms with Crippen LogP contribution < -0.4 is 19.1 Å². The number of hydrogen-bond donors (Lipinski definition) is 0. The molecule has 0 N–H and O–H groups in total. The summed E-state index contributed by atoms with van der Waals surface area (Å²) < 4.78 is 28.0. The van der Waals surface area contributed by atoms with Gasteiger partial charge in [0.05, 0.1) is 26.4 Å². The highest BCUT2D eigenvalue weighted by molar-refractivity contribution is 5.91. The van der Waals surface area contributed by atoms with E-state index < -0.39 is 11.9 Å². The molecule has 6 aromatic carbocycles. The summed E-state index contributed by atoms with van der Waals surface area (Å²) in [6.45, 7) is 21.3. The van der Waals surface area contributed by atoms with Crippen LogP contribution in [0, 0.1) is 0 Å². The SMILES string of the molecule is C=C(C)C(=O)OCCCOc1ccc2cc(/C=C/COOc3ccc4c(c3)C3(CC4(C)C)CC(C)(C)c4ccc(OC(=O)/C=C/c5ccc6cc(OCCCOC(=O)C(=C)C)ccc6c5)cc43)ccc2c1. The van der Waals surface area contributed by atoms with Crippen molar-refractivity contribution in [3.63, 3.8) is 0 Å². The molecule has 8 rings (SSSR count). The summed E-state index contributed by atoms with van der Waals surface area (Å²) in [4.78, 5) is 48.2. The van der Waals surface area contributed by atoms with Crippen LogP contribution in [-0.4, -0.2) is 50.9 Å². The first-order chi connectivity index (χ1) is 34.0. The summed E-state index contributed by atoms with van der Waals surface area (Å²) in [6, 6.07) is 36.3. The Morgan fingerprint density at radius 1 is 0.535 bits per heavy atom. The third-order valence-corrected chi connectivity index (χ3v) is 13.2. The summed E-state index contributed by atoms with van der Waals surface area (Å²) in [7, 11) is 0. The van der Waals surface area contributed by atoms with E-state index in [-0.39, 0.29) is 42.0 Å². The lowest BCUT2D eigenvalue weighted by Gasteiger charge is -2.30. The zero-order valence-corrected chi connectivity index (χ0v) is 41.6. The van der Waals surface area contributed by atoms with Crippen molar-refractivity contribution in [2.45, 2.75) is 83.5 Å². The van der Waals surface area contributed by atoms with E-state index in [1.807, 2.05) is 84.9 Å². The number of ether oxygens (including phenoxy) is 5. The van der Waals surface area contributed by atoms with Gasteiger partial charge in [0.2, 0.25) is 0 Å². The van der Waals surface area contributed by atoms with E-state index in [4.69, 9.17) is 33.5 Å². The minimum atomic E-state index is -0.460. The van der Waals surface area contributed by atoms with Gasteiger partial charge < -0.3 is 28.6 Å². The van der Waals surface area contributed by atoms with Crippen molar-refractivity contribution >= 4 is 51.6 Å². The highest BCUT2D eigenvalue weighted by Crippen LogP contribution is 2.63. The summed E-state index contributed by atoms with van der Waals surface area (Å²) >= 11 is 0. The van der Waals surface area contributed by atoms with Crippen LogP contribution in [-0.2, 0) is 45.0 Å². The van der Waals surface area contributed by atoms with Gasteiger partial charge in [0.15, 0.2) is 5.75 Å². The Labute approximate surface area is 416 Å². The molecule has 0 saturated heterocycles. The molecular formula is C61H62O10. The predicted molar refractivity (Wildman–Crippen MR) is 279 cm³/mol. The first kappa shape index (κ1) is 50.0. The van der Waals surface area contributed by atoms with E-state index >= 15 is 0 Å². The first-order valence-corrected chi connectivity index (χ1v) is 24.1. The summed E-state index contributed by atoms with van der Waals surface area (Å²) in [5, 5.41) is 4.14. The number of hydrogen-bond acceptors (Lipinski definition) is 10. The maximum Gasteiger partial charge on any atom is 0.336 e. The molecule has 1 spiro atoms. The Kier molecular flexibility index (Phi) is 15.0. The van der Waals surface area contributed by atoms with E-state index in [0.717, 1.165) is 57.0 Å². The Morgan fingerprint density at radius 2 is 1.00 bits per heavy atom. The molecular weight excluding hydrogens is 893 g/mol. The smallest absolute Gasteiger partial charge is 0.336 e. The van der Waals surface area contributed by atoms with E-state index in [9.17, 15) is 14.4 Å². The largest absolute Gasteiger partial charge is 0.493 e. The lowest BCUT2D eigenvalue weighted by Crippen LogP contribution is -2.27. The molecule has 0 heterocycles. The van der Waals surface area contributed by atoms with Crippen LogP contribution >= 0.6 is 0 Å². The Bertz CT molecular complexity index is 3080. The van der Waals surface area contributed by atoms with Gasteiger partial charge in [-0.3, -0.25) is 0 Å². The summed E-state index contributed by atoms with van der Waals surface area (Å²) in [5.74, 6) is 1.36. The summed E-state index contributed by atoms with van der Waals surface area (Å²) in [5.41, 5.74) is 6.99. The number of esters is 3. The average Bonchev–Trinajstić information content (AvgIpc) is 3.71. The molecule has 0 amide bonds. The molecule has 71 heavy (non-hydrogen) atoms. The van der Waals surface area contributed by atoms with Crippen molar-refractivity contribution in [3.05, 3.63) is 179 Å². The molecule has 0 radical (unpaired) electrons. The second-order valence-corrected chi connectivity index (χ2v) is 19.9. The van der Waals surface area contributed by atoms with Crippen molar-refractivity contribution in [3.8, 4) is 23.0 Å². The maximum absolute atomic E-state index is 13.4. The monoisotopic (exact) mass is 954 g/mol. The fourth-order valence-corrected chi connectivity index (χ4v) is 10.0. The van der Waals surface area contributed by atoms with Crippen LogP contribution in [0.4, 0.5) is 0 Å². The van der Waals surface area contributed by atoms with Crippen LogP contribution in [0.15, 0.2) is 146 Å². The van der Waals surface area contributed by atoms with Gasteiger partial charge in [0, 0.05) is 35.5 Å². The number of carbonyl (C=O) groups is 3. The molecule has 10 nitrogen and oxygen atoms in total. The molecule has 1 unspecified atom stereocenters. The number of fused-ring (bicyclic) bond motifs is 6. The minimum Gasteiger partial charge on any atom is -0.493 e. The summed E-state index contributed by atoms with van der Waals surface area (Å²) in [6.07, 6.45) is 10.1. The Morgan fingerprint density at radius 3 is 1.54 bits per heavy atom. The van der Waals surface area contributed by atoms with Crippen molar-refractivity contribution < 1.29 is 47.8 Å². The van der Waals surface area contributed by atoms with Gasteiger partial charge in [-0.15, -0.1) is 0 Å². The second-order valence-electron chi connectivity index (χ2n) is 19.9.